The summed E-state index contributed by atoms with van der Waals surface area (Å²) < 4.78 is 2.29. The summed E-state index contributed by atoms with van der Waals surface area (Å²) in [5, 5.41) is 12.4. The number of rotatable bonds is 7. The Kier molecular flexibility index (Phi) is 3.77. The molecule has 19 heavy (non-hydrogen) atoms. The summed E-state index contributed by atoms with van der Waals surface area (Å²) in [7, 11) is 0. The molecule has 0 bridgehead atoms. The summed E-state index contributed by atoms with van der Waals surface area (Å²) in [6.45, 7) is 2.81. The molecule has 2 saturated carbocycles. The number of nitrogens with one attached hydrogen (secondary N) is 1. The van der Waals surface area contributed by atoms with E-state index in [-0.39, 0.29) is 5.91 Å². The predicted molar refractivity (Wildman–Crippen MR) is 74.3 cm³/mol. The summed E-state index contributed by atoms with van der Waals surface area (Å²) in [6.07, 6.45) is 5.92. The summed E-state index contributed by atoms with van der Waals surface area (Å²) in [5.74, 6) is 2.30. The zero-order valence-electron chi connectivity index (χ0n) is 11.3. The minimum absolute atomic E-state index is 0.0881. The average Bonchev–Trinajstić information content (AvgIpc) is 3.32. The number of amides is 1. The van der Waals surface area contributed by atoms with Crippen molar-refractivity contribution in [1.82, 2.24) is 20.1 Å². The minimum atomic E-state index is 0.0881. The Balaban J connectivity index is 1.62. The molecule has 0 radical (unpaired) electrons. The summed E-state index contributed by atoms with van der Waals surface area (Å²) in [5.41, 5.74) is 0. The Morgan fingerprint density at radius 2 is 2.16 bits per heavy atom. The van der Waals surface area contributed by atoms with Gasteiger partial charge in [-0.25, -0.2) is 0 Å². The summed E-state index contributed by atoms with van der Waals surface area (Å²) in [6, 6.07) is 0.590. The fourth-order valence-electron chi connectivity index (χ4n) is 2.13. The molecule has 0 atom stereocenters. The number of carbonyl (C=O) groups is 1. The fourth-order valence-corrected chi connectivity index (χ4v) is 2.97. The van der Waals surface area contributed by atoms with Crippen molar-refractivity contribution in [2.24, 2.45) is 0 Å². The monoisotopic (exact) mass is 280 g/mol. The average molecular weight is 280 g/mol. The van der Waals surface area contributed by atoms with Gasteiger partial charge in [0.2, 0.25) is 5.91 Å². The van der Waals surface area contributed by atoms with E-state index >= 15 is 0 Å². The van der Waals surface area contributed by atoms with Gasteiger partial charge in [-0.05, 0) is 32.1 Å². The lowest BCUT2D eigenvalue weighted by molar-refractivity contribution is -0.118. The van der Waals surface area contributed by atoms with Gasteiger partial charge in [0, 0.05) is 18.5 Å². The van der Waals surface area contributed by atoms with Crippen LogP contribution in [0.5, 0.6) is 0 Å². The van der Waals surface area contributed by atoms with Gasteiger partial charge in [0.1, 0.15) is 5.82 Å². The number of hydrogen-bond donors (Lipinski definition) is 1. The van der Waals surface area contributed by atoms with E-state index in [0.29, 0.717) is 17.7 Å². The highest BCUT2D eigenvalue weighted by atomic mass is 32.2. The second kappa shape index (κ2) is 5.53. The van der Waals surface area contributed by atoms with Crippen molar-refractivity contribution in [1.29, 1.82) is 0 Å². The number of aromatic nitrogens is 3. The van der Waals surface area contributed by atoms with Gasteiger partial charge in [-0.3, -0.25) is 4.79 Å². The number of hydrogen-bond acceptors (Lipinski definition) is 4. The molecule has 1 amide bonds. The lowest BCUT2D eigenvalue weighted by atomic mass is 10.4. The Morgan fingerprint density at radius 1 is 1.37 bits per heavy atom. The van der Waals surface area contributed by atoms with Crippen LogP contribution in [0.1, 0.15) is 56.8 Å². The van der Waals surface area contributed by atoms with E-state index in [2.05, 4.69) is 27.0 Å². The zero-order chi connectivity index (χ0) is 13.2. The van der Waals surface area contributed by atoms with E-state index in [4.69, 9.17) is 0 Å². The van der Waals surface area contributed by atoms with E-state index < -0.39 is 0 Å². The van der Waals surface area contributed by atoms with Crippen LogP contribution in [-0.2, 0) is 4.79 Å². The molecule has 6 heteroatoms. The third-order valence-corrected chi connectivity index (χ3v) is 4.39. The van der Waals surface area contributed by atoms with Crippen LogP contribution in [0.2, 0.25) is 0 Å². The number of thioether (sulfide) groups is 1. The molecule has 1 heterocycles. The molecule has 5 nitrogen and oxygen atoms in total. The van der Waals surface area contributed by atoms with Gasteiger partial charge in [-0.15, -0.1) is 10.2 Å². The molecule has 1 aromatic heterocycles. The van der Waals surface area contributed by atoms with E-state index in [1.165, 1.54) is 37.4 Å². The summed E-state index contributed by atoms with van der Waals surface area (Å²) in [4.78, 5) is 11.6. The van der Waals surface area contributed by atoms with Gasteiger partial charge < -0.3 is 9.88 Å². The van der Waals surface area contributed by atoms with Crippen molar-refractivity contribution < 1.29 is 4.79 Å². The van der Waals surface area contributed by atoms with Crippen molar-refractivity contribution in [2.45, 2.75) is 56.1 Å². The second-order valence-corrected chi connectivity index (χ2v) is 6.30. The van der Waals surface area contributed by atoms with Gasteiger partial charge in [0.15, 0.2) is 5.16 Å². The molecule has 0 aromatic carbocycles. The lowest BCUT2D eigenvalue weighted by Gasteiger charge is -2.08. The molecule has 0 saturated heterocycles. The van der Waals surface area contributed by atoms with Crippen LogP contribution in [0.25, 0.3) is 0 Å². The Bertz CT molecular complexity index is 465. The van der Waals surface area contributed by atoms with Crippen LogP contribution in [0.15, 0.2) is 5.16 Å². The first kappa shape index (κ1) is 13.0. The van der Waals surface area contributed by atoms with E-state index in [1.54, 1.807) is 0 Å². The molecular formula is C13H20N4OS. The van der Waals surface area contributed by atoms with Crippen molar-refractivity contribution in [3.8, 4) is 0 Å². The van der Waals surface area contributed by atoms with Gasteiger partial charge in [0.05, 0.1) is 5.75 Å². The van der Waals surface area contributed by atoms with Gasteiger partial charge >= 0.3 is 0 Å². The van der Waals surface area contributed by atoms with Crippen LogP contribution >= 0.6 is 11.8 Å². The smallest absolute Gasteiger partial charge is 0.230 e. The van der Waals surface area contributed by atoms with Crippen LogP contribution < -0.4 is 5.32 Å². The molecule has 0 spiro atoms. The minimum Gasteiger partial charge on any atom is -0.355 e. The highest BCUT2D eigenvalue weighted by Crippen LogP contribution is 2.45. The molecule has 0 aliphatic heterocycles. The van der Waals surface area contributed by atoms with Crippen molar-refractivity contribution in [3.63, 3.8) is 0 Å². The fraction of sp³-hybridized carbons (Fsp3) is 0.769. The second-order valence-electron chi connectivity index (χ2n) is 5.35. The van der Waals surface area contributed by atoms with Crippen LogP contribution in [0.3, 0.4) is 0 Å². The third kappa shape index (κ3) is 3.11. The molecule has 2 aliphatic rings. The SMILES string of the molecule is CCCNC(=O)CSc1nnc(C2CC2)n1C1CC1. The molecule has 104 valence electrons. The topological polar surface area (TPSA) is 59.8 Å². The maximum Gasteiger partial charge on any atom is 0.230 e. The Hall–Kier alpha value is -1.04. The van der Waals surface area contributed by atoms with Crippen LogP contribution in [-0.4, -0.2) is 33.0 Å². The zero-order valence-corrected chi connectivity index (χ0v) is 12.1. The van der Waals surface area contributed by atoms with E-state index in [9.17, 15) is 4.79 Å². The molecular weight excluding hydrogens is 260 g/mol. The third-order valence-electron chi connectivity index (χ3n) is 3.45. The standard InChI is InChI=1S/C13H20N4OS/c1-2-7-14-11(18)8-19-13-16-15-12(9-3-4-9)17(13)10-5-6-10/h9-10H,2-8H2,1H3,(H,14,18). The molecule has 3 rings (SSSR count). The first-order valence-corrected chi connectivity index (χ1v) is 8.12. The number of carbonyl (C=O) groups excluding carboxylic acids is 1. The highest BCUT2D eigenvalue weighted by Gasteiger charge is 2.36. The van der Waals surface area contributed by atoms with Gasteiger partial charge in [-0.2, -0.15) is 0 Å². The molecule has 2 aliphatic carbocycles. The maximum absolute atomic E-state index is 11.6. The lowest BCUT2D eigenvalue weighted by Crippen LogP contribution is -2.25. The molecule has 0 unspecified atom stereocenters. The Labute approximate surface area is 117 Å². The first-order chi connectivity index (χ1) is 9.29. The molecule has 2 fully saturated rings. The van der Waals surface area contributed by atoms with Crippen LogP contribution in [0, 0.1) is 0 Å². The van der Waals surface area contributed by atoms with Gasteiger partial charge in [-0.1, -0.05) is 18.7 Å². The van der Waals surface area contributed by atoms with Crippen molar-refractivity contribution >= 4 is 17.7 Å². The largest absolute Gasteiger partial charge is 0.355 e. The highest BCUT2D eigenvalue weighted by molar-refractivity contribution is 7.99. The normalized spacial score (nSPS) is 18.6. The van der Waals surface area contributed by atoms with Crippen molar-refractivity contribution in [2.75, 3.05) is 12.3 Å². The molecule has 1 N–H and O–H groups in total. The number of nitrogens with zero attached hydrogens (tertiary/aromatic N) is 3. The Morgan fingerprint density at radius 3 is 2.79 bits per heavy atom. The first-order valence-electron chi connectivity index (χ1n) is 7.14. The van der Waals surface area contributed by atoms with E-state index in [1.807, 2.05) is 0 Å². The summed E-state index contributed by atoms with van der Waals surface area (Å²) >= 11 is 1.52. The maximum atomic E-state index is 11.6. The quantitative estimate of drug-likeness (QED) is 0.777. The van der Waals surface area contributed by atoms with Crippen LogP contribution in [0.4, 0.5) is 0 Å². The molecule has 1 aromatic rings. The van der Waals surface area contributed by atoms with Gasteiger partial charge in [0.25, 0.3) is 0 Å². The predicted octanol–water partition coefficient (Wildman–Crippen LogP) is 2.11. The van der Waals surface area contributed by atoms with Crippen molar-refractivity contribution in [3.05, 3.63) is 5.82 Å². The van der Waals surface area contributed by atoms with E-state index in [0.717, 1.165) is 23.9 Å².